The number of nitro benzene ring substituents is 1. The summed E-state index contributed by atoms with van der Waals surface area (Å²) in [4.78, 5) is 10.2. The number of rotatable bonds is 5. The van der Waals surface area contributed by atoms with Gasteiger partial charge in [-0.05, 0) is 42.9 Å². The lowest BCUT2D eigenvalue weighted by Crippen LogP contribution is -2.51. The molecule has 8 heteroatoms. The van der Waals surface area contributed by atoms with Gasteiger partial charge < -0.3 is 4.43 Å². The zero-order valence-electron chi connectivity index (χ0n) is 14.0. The first-order chi connectivity index (χ1) is 11.5. The fourth-order valence-corrected chi connectivity index (χ4v) is 3.89. The summed E-state index contributed by atoms with van der Waals surface area (Å²) in [7, 11) is -2.66. The van der Waals surface area contributed by atoms with Gasteiger partial charge in [-0.2, -0.15) is 13.2 Å². The van der Waals surface area contributed by atoms with Crippen molar-refractivity contribution in [3.8, 4) is 0 Å². The van der Waals surface area contributed by atoms with Gasteiger partial charge in [0.15, 0.2) is 8.32 Å². The van der Waals surface area contributed by atoms with Crippen LogP contribution in [0.25, 0.3) is 0 Å². The Kier molecular flexibility index (Phi) is 5.06. The highest BCUT2D eigenvalue weighted by molar-refractivity contribution is 6.69. The molecule has 0 bridgehead atoms. The van der Waals surface area contributed by atoms with E-state index < -0.39 is 25.0 Å². The molecule has 1 unspecified atom stereocenters. The molecule has 4 nitrogen and oxygen atoms in total. The molecule has 0 fully saturated rings. The van der Waals surface area contributed by atoms with Gasteiger partial charge in [0.1, 0.15) is 0 Å². The van der Waals surface area contributed by atoms with Gasteiger partial charge in [0.2, 0.25) is 5.60 Å². The van der Waals surface area contributed by atoms with E-state index in [0.717, 1.165) is 24.3 Å². The Morgan fingerprint density at radius 1 is 0.920 bits per heavy atom. The fraction of sp³-hybridized carbons (Fsp3) is 0.294. The average Bonchev–Trinajstić information content (AvgIpc) is 2.51. The van der Waals surface area contributed by atoms with Crippen molar-refractivity contribution in [1.82, 2.24) is 0 Å². The van der Waals surface area contributed by atoms with Gasteiger partial charge >= 0.3 is 6.18 Å². The van der Waals surface area contributed by atoms with E-state index >= 15 is 0 Å². The third kappa shape index (κ3) is 3.90. The molecule has 134 valence electrons. The maximum atomic E-state index is 14.3. The lowest BCUT2D eigenvalue weighted by atomic mass is 9.85. The molecule has 0 aromatic heterocycles. The molecule has 0 spiro atoms. The SMILES string of the molecule is C[Si](C)(C)OC(c1ccccc1)(c1ccc([N+](=O)[O-])cc1)C(F)(F)F. The zero-order valence-corrected chi connectivity index (χ0v) is 15.0. The first kappa shape index (κ1) is 19.1. The van der Waals surface area contributed by atoms with Crippen LogP contribution in [0.4, 0.5) is 18.9 Å². The third-order valence-corrected chi connectivity index (χ3v) is 4.44. The molecule has 2 rings (SSSR count). The summed E-state index contributed by atoms with van der Waals surface area (Å²) in [6, 6.07) is 11.7. The van der Waals surface area contributed by atoms with Crippen molar-refractivity contribution in [2.45, 2.75) is 31.4 Å². The maximum absolute atomic E-state index is 14.3. The molecule has 2 aromatic rings. The van der Waals surface area contributed by atoms with Crippen LogP contribution < -0.4 is 0 Å². The maximum Gasteiger partial charge on any atom is 0.425 e. The third-order valence-electron chi connectivity index (χ3n) is 3.52. The topological polar surface area (TPSA) is 52.4 Å². The highest BCUT2D eigenvalue weighted by Crippen LogP contribution is 2.49. The van der Waals surface area contributed by atoms with E-state index in [2.05, 4.69) is 0 Å². The van der Waals surface area contributed by atoms with E-state index in [1.807, 2.05) is 0 Å². The van der Waals surface area contributed by atoms with E-state index in [0.29, 0.717) is 0 Å². The standard InChI is InChI=1S/C17H18F3NO3Si/c1-25(2,3)24-16(17(18,19)20,13-7-5-4-6-8-13)14-9-11-15(12-10-14)21(22)23/h4-12H,1-3H3. The number of non-ortho nitro benzene ring substituents is 1. The first-order valence-corrected chi connectivity index (χ1v) is 11.0. The molecule has 0 N–H and O–H groups in total. The second kappa shape index (κ2) is 6.60. The smallest absolute Gasteiger partial charge is 0.397 e. The van der Waals surface area contributed by atoms with Gasteiger partial charge in [-0.15, -0.1) is 0 Å². The summed E-state index contributed by atoms with van der Waals surface area (Å²) in [6.45, 7) is 5.01. The number of nitro groups is 1. The van der Waals surface area contributed by atoms with Gasteiger partial charge in [-0.1, -0.05) is 30.3 Å². The van der Waals surface area contributed by atoms with Crippen LogP contribution in [0.2, 0.25) is 19.6 Å². The Balaban J connectivity index is 2.75. The van der Waals surface area contributed by atoms with Gasteiger partial charge in [-0.25, -0.2) is 0 Å². The minimum Gasteiger partial charge on any atom is -0.397 e. The molecule has 25 heavy (non-hydrogen) atoms. The molecule has 2 aromatic carbocycles. The van der Waals surface area contributed by atoms with Crippen LogP contribution in [0.1, 0.15) is 11.1 Å². The summed E-state index contributed by atoms with van der Waals surface area (Å²) in [6.07, 6.45) is -4.75. The lowest BCUT2D eigenvalue weighted by molar-refractivity contribution is -0.384. The van der Waals surface area contributed by atoms with Gasteiger partial charge in [0.25, 0.3) is 5.69 Å². The number of hydrogen-bond donors (Lipinski definition) is 0. The number of alkyl halides is 3. The summed E-state index contributed by atoms with van der Waals surface area (Å²) in [5.74, 6) is 0. The quantitative estimate of drug-likeness (QED) is 0.411. The van der Waals surface area contributed by atoms with Crippen LogP contribution in [0.15, 0.2) is 54.6 Å². The predicted octanol–water partition coefficient (Wildman–Crippen LogP) is 5.25. The van der Waals surface area contributed by atoms with Crippen LogP contribution in [-0.4, -0.2) is 19.4 Å². The van der Waals surface area contributed by atoms with E-state index in [9.17, 15) is 23.3 Å². The van der Waals surface area contributed by atoms with Gasteiger partial charge in [0, 0.05) is 12.1 Å². The number of benzene rings is 2. The molecule has 0 aliphatic carbocycles. The Morgan fingerprint density at radius 2 is 1.40 bits per heavy atom. The summed E-state index contributed by atoms with van der Waals surface area (Å²) in [5, 5.41) is 10.8. The van der Waals surface area contributed by atoms with Crippen molar-refractivity contribution in [3.05, 3.63) is 75.8 Å². The molecule has 0 aliphatic rings. The Bertz CT molecular complexity index is 742. The minimum atomic E-state index is -4.75. The Hall–Kier alpha value is -2.19. The predicted molar refractivity (Wildman–Crippen MR) is 90.8 cm³/mol. The minimum absolute atomic E-state index is 0.0567. The average molecular weight is 369 g/mol. The highest BCUT2D eigenvalue weighted by atomic mass is 28.4. The van der Waals surface area contributed by atoms with Crippen LogP contribution in [0.3, 0.4) is 0 Å². The highest BCUT2D eigenvalue weighted by Gasteiger charge is 2.60. The molecule has 0 radical (unpaired) electrons. The van der Waals surface area contributed by atoms with Crippen molar-refractivity contribution >= 4 is 14.0 Å². The van der Waals surface area contributed by atoms with Crippen LogP contribution >= 0.6 is 0 Å². The molecule has 0 heterocycles. The molecular weight excluding hydrogens is 351 g/mol. The van der Waals surface area contributed by atoms with E-state index in [-0.39, 0.29) is 16.8 Å². The van der Waals surface area contributed by atoms with E-state index in [1.54, 1.807) is 25.7 Å². The second-order valence-electron chi connectivity index (χ2n) is 6.56. The van der Waals surface area contributed by atoms with Crippen molar-refractivity contribution in [2.24, 2.45) is 0 Å². The molecule has 0 saturated carbocycles. The number of nitrogens with zero attached hydrogens (tertiary/aromatic N) is 1. The summed E-state index contributed by atoms with van der Waals surface area (Å²) < 4.78 is 48.6. The van der Waals surface area contributed by atoms with Crippen LogP contribution in [0.5, 0.6) is 0 Å². The summed E-state index contributed by atoms with van der Waals surface area (Å²) >= 11 is 0. The van der Waals surface area contributed by atoms with Crippen molar-refractivity contribution < 1.29 is 22.5 Å². The van der Waals surface area contributed by atoms with Crippen molar-refractivity contribution in [2.75, 3.05) is 0 Å². The zero-order chi connectivity index (χ0) is 18.9. The van der Waals surface area contributed by atoms with E-state index in [4.69, 9.17) is 4.43 Å². The van der Waals surface area contributed by atoms with Crippen LogP contribution in [-0.2, 0) is 10.0 Å². The molecule has 0 aliphatic heterocycles. The number of halogens is 3. The molecule has 1 atom stereocenters. The van der Waals surface area contributed by atoms with Crippen LogP contribution in [0, 0.1) is 10.1 Å². The monoisotopic (exact) mass is 369 g/mol. The second-order valence-corrected chi connectivity index (χ2v) is 11.0. The van der Waals surface area contributed by atoms with E-state index in [1.165, 1.54) is 24.3 Å². The fourth-order valence-electron chi connectivity index (χ4n) is 2.62. The van der Waals surface area contributed by atoms with Crippen molar-refractivity contribution in [3.63, 3.8) is 0 Å². The summed E-state index contributed by atoms with van der Waals surface area (Å²) in [5.41, 5.74) is -3.19. The Morgan fingerprint density at radius 3 is 1.80 bits per heavy atom. The lowest BCUT2D eigenvalue weighted by Gasteiger charge is -2.41. The molecule has 0 amide bonds. The van der Waals surface area contributed by atoms with Gasteiger partial charge in [0.05, 0.1) is 4.92 Å². The molecular formula is C17H18F3NO3Si. The largest absolute Gasteiger partial charge is 0.425 e. The first-order valence-electron chi connectivity index (χ1n) is 7.55. The molecule has 0 saturated heterocycles. The van der Waals surface area contributed by atoms with Crippen molar-refractivity contribution in [1.29, 1.82) is 0 Å². The normalized spacial score (nSPS) is 14.8. The number of hydrogen-bond acceptors (Lipinski definition) is 3. The van der Waals surface area contributed by atoms with Gasteiger partial charge in [-0.3, -0.25) is 10.1 Å². The Labute approximate surface area is 144 Å².